The molecule has 1 fully saturated rings. The number of hydrogen-bond donors (Lipinski definition) is 0. The second-order valence-electron chi connectivity index (χ2n) is 9.78. The van der Waals surface area contributed by atoms with Crippen molar-refractivity contribution in [1.82, 2.24) is 4.90 Å². The molecule has 0 saturated carbocycles. The molecule has 184 valence electrons. The van der Waals surface area contributed by atoms with Crippen LogP contribution in [-0.2, 0) is 17.6 Å². The van der Waals surface area contributed by atoms with E-state index < -0.39 is 5.63 Å². The SMILES string of the molecule is CCCOc1ccc2oc(=O)c3c(c2c1)CCCN3C(=O)CN1CCC(Cc2ccccc2)CC1. The maximum atomic E-state index is 13.4. The molecule has 0 unspecified atom stereocenters. The molecule has 1 amide bonds. The Morgan fingerprint density at radius 3 is 2.66 bits per heavy atom. The third-order valence-corrected chi connectivity index (χ3v) is 7.24. The van der Waals surface area contributed by atoms with Gasteiger partial charge in [0.05, 0.1) is 13.2 Å². The van der Waals surface area contributed by atoms with Crippen molar-refractivity contribution in [3.05, 3.63) is 70.1 Å². The van der Waals surface area contributed by atoms with E-state index in [2.05, 4.69) is 42.2 Å². The van der Waals surface area contributed by atoms with Crippen LogP contribution in [0, 0.1) is 5.92 Å². The predicted molar refractivity (Wildman–Crippen MR) is 138 cm³/mol. The lowest BCUT2D eigenvalue weighted by molar-refractivity contribution is -0.120. The number of ether oxygens (including phenoxy) is 1. The molecule has 0 radical (unpaired) electrons. The quantitative estimate of drug-likeness (QED) is 0.460. The summed E-state index contributed by atoms with van der Waals surface area (Å²) in [6.45, 7) is 5.42. The normalized spacial score (nSPS) is 16.9. The minimum Gasteiger partial charge on any atom is -0.494 e. The topological polar surface area (TPSA) is 63.0 Å². The summed E-state index contributed by atoms with van der Waals surface area (Å²) in [5, 5.41) is 0.868. The molecule has 35 heavy (non-hydrogen) atoms. The molecule has 2 aliphatic heterocycles. The molecule has 2 aliphatic rings. The lowest BCUT2D eigenvalue weighted by Crippen LogP contribution is -2.46. The maximum Gasteiger partial charge on any atom is 0.360 e. The lowest BCUT2D eigenvalue weighted by atomic mass is 9.90. The van der Waals surface area contributed by atoms with Gasteiger partial charge in [0, 0.05) is 11.9 Å². The number of piperidine rings is 1. The summed E-state index contributed by atoms with van der Waals surface area (Å²) in [5.41, 5.74) is 2.82. The zero-order valence-corrected chi connectivity index (χ0v) is 20.5. The summed E-state index contributed by atoms with van der Waals surface area (Å²) in [6.07, 6.45) is 5.78. The first-order valence-electron chi connectivity index (χ1n) is 12.9. The van der Waals surface area contributed by atoms with Gasteiger partial charge in [-0.1, -0.05) is 37.3 Å². The Labute approximate surface area is 206 Å². The van der Waals surface area contributed by atoms with Gasteiger partial charge in [-0.25, -0.2) is 4.79 Å². The molecule has 3 heterocycles. The van der Waals surface area contributed by atoms with E-state index in [1.165, 1.54) is 5.56 Å². The van der Waals surface area contributed by atoms with Crippen molar-refractivity contribution in [3.8, 4) is 5.75 Å². The van der Waals surface area contributed by atoms with Gasteiger partial charge in [0.15, 0.2) is 0 Å². The van der Waals surface area contributed by atoms with Gasteiger partial charge in [-0.15, -0.1) is 0 Å². The van der Waals surface area contributed by atoms with E-state index >= 15 is 0 Å². The zero-order valence-electron chi connectivity index (χ0n) is 20.5. The predicted octanol–water partition coefficient (Wildman–Crippen LogP) is 4.82. The highest BCUT2D eigenvalue weighted by Crippen LogP contribution is 2.33. The molecule has 0 aliphatic carbocycles. The molecular formula is C29H34N2O4. The molecule has 0 N–H and O–H groups in total. The van der Waals surface area contributed by atoms with Gasteiger partial charge in [-0.2, -0.15) is 0 Å². The van der Waals surface area contributed by atoms with E-state index in [-0.39, 0.29) is 5.91 Å². The number of fused-ring (bicyclic) bond motifs is 3. The van der Waals surface area contributed by atoms with Crippen LogP contribution in [0.2, 0.25) is 0 Å². The van der Waals surface area contributed by atoms with Gasteiger partial charge >= 0.3 is 5.63 Å². The third kappa shape index (κ3) is 5.27. The number of nitrogens with zero attached hydrogens (tertiary/aromatic N) is 2. The van der Waals surface area contributed by atoms with Crippen LogP contribution in [0.1, 0.15) is 43.7 Å². The van der Waals surface area contributed by atoms with Crippen molar-refractivity contribution in [2.24, 2.45) is 5.92 Å². The Morgan fingerprint density at radius 2 is 1.89 bits per heavy atom. The van der Waals surface area contributed by atoms with Crippen LogP contribution in [-0.4, -0.2) is 43.6 Å². The largest absolute Gasteiger partial charge is 0.494 e. The van der Waals surface area contributed by atoms with Gasteiger partial charge in [0.2, 0.25) is 5.91 Å². The number of benzene rings is 2. The summed E-state index contributed by atoms with van der Waals surface area (Å²) in [6, 6.07) is 16.2. The molecule has 3 aromatic rings. The van der Waals surface area contributed by atoms with E-state index in [1.807, 2.05) is 12.1 Å². The van der Waals surface area contributed by atoms with Crippen molar-refractivity contribution < 1.29 is 13.9 Å². The first-order chi connectivity index (χ1) is 17.1. The molecule has 6 nitrogen and oxygen atoms in total. The Bertz CT molecular complexity index is 1230. The van der Waals surface area contributed by atoms with Crippen molar-refractivity contribution in [2.75, 3.05) is 37.7 Å². The fourth-order valence-corrected chi connectivity index (χ4v) is 5.42. The molecule has 1 saturated heterocycles. The second kappa shape index (κ2) is 10.6. The fraction of sp³-hybridized carbons (Fsp3) is 0.448. The summed E-state index contributed by atoms with van der Waals surface area (Å²) in [4.78, 5) is 30.2. The minimum atomic E-state index is -0.427. The van der Waals surface area contributed by atoms with Crippen LogP contribution >= 0.6 is 0 Å². The smallest absolute Gasteiger partial charge is 0.360 e. The number of anilines is 1. The Morgan fingerprint density at radius 1 is 1.09 bits per heavy atom. The first-order valence-corrected chi connectivity index (χ1v) is 12.9. The molecular weight excluding hydrogens is 440 g/mol. The van der Waals surface area contributed by atoms with Gasteiger partial charge < -0.3 is 14.1 Å². The number of amides is 1. The average molecular weight is 475 g/mol. The zero-order chi connectivity index (χ0) is 24.2. The Balaban J connectivity index is 1.28. The molecule has 0 atom stereocenters. The minimum absolute atomic E-state index is 0.0162. The summed E-state index contributed by atoms with van der Waals surface area (Å²) in [5.74, 6) is 1.40. The van der Waals surface area contributed by atoms with Gasteiger partial charge in [-0.3, -0.25) is 9.69 Å². The molecule has 0 spiro atoms. The summed E-state index contributed by atoms with van der Waals surface area (Å²) < 4.78 is 11.4. The molecule has 5 rings (SSSR count). The number of carbonyl (C=O) groups excluding carboxylic acids is 1. The highest BCUT2D eigenvalue weighted by molar-refractivity contribution is 5.98. The second-order valence-corrected chi connectivity index (χ2v) is 9.78. The number of aryl methyl sites for hydroxylation is 1. The highest BCUT2D eigenvalue weighted by atomic mass is 16.5. The third-order valence-electron chi connectivity index (χ3n) is 7.24. The lowest BCUT2D eigenvalue weighted by Gasteiger charge is -2.34. The van der Waals surface area contributed by atoms with Crippen LogP contribution in [0.25, 0.3) is 11.0 Å². The van der Waals surface area contributed by atoms with E-state index in [0.717, 1.165) is 68.3 Å². The molecule has 1 aromatic heterocycles. The number of carbonyl (C=O) groups is 1. The molecule has 6 heteroatoms. The van der Waals surface area contributed by atoms with Gasteiger partial charge in [0.25, 0.3) is 0 Å². The molecule has 0 bridgehead atoms. The summed E-state index contributed by atoms with van der Waals surface area (Å²) >= 11 is 0. The van der Waals surface area contributed by atoms with Crippen LogP contribution in [0.4, 0.5) is 5.69 Å². The van der Waals surface area contributed by atoms with Crippen LogP contribution in [0.3, 0.4) is 0 Å². The number of likely N-dealkylation sites (tertiary alicyclic amines) is 1. The number of hydrogen-bond acceptors (Lipinski definition) is 5. The van der Waals surface area contributed by atoms with Crippen molar-refractivity contribution in [1.29, 1.82) is 0 Å². The highest BCUT2D eigenvalue weighted by Gasteiger charge is 2.30. The van der Waals surface area contributed by atoms with Crippen molar-refractivity contribution in [3.63, 3.8) is 0 Å². The van der Waals surface area contributed by atoms with E-state index in [1.54, 1.807) is 11.0 Å². The van der Waals surface area contributed by atoms with E-state index in [9.17, 15) is 9.59 Å². The van der Waals surface area contributed by atoms with Gasteiger partial charge in [0.1, 0.15) is 17.0 Å². The van der Waals surface area contributed by atoms with Crippen LogP contribution < -0.4 is 15.3 Å². The van der Waals surface area contributed by atoms with E-state index in [4.69, 9.17) is 9.15 Å². The van der Waals surface area contributed by atoms with Crippen LogP contribution in [0.15, 0.2) is 57.7 Å². The fourth-order valence-electron chi connectivity index (χ4n) is 5.42. The van der Waals surface area contributed by atoms with Gasteiger partial charge in [-0.05, 0) is 86.9 Å². The Hall–Kier alpha value is -3.12. The first kappa shape index (κ1) is 23.6. The molecule has 2 aromatic carbocycles. The number of rotatable bonds is 7. The van der Waals surface area contributed by atoms with Crippen molar-refractivity contribution in [2.45, 2.75) is 45.4 Å². The Kier molecular flexibility index (Phi) is 7.19. The van der Waals surface area contributed by atoms with Crippen molar-refractivity contribution >= 4 is 22.6 Å². The standard InChI is InChI=1S/C29H34N2O4/c1-2-17-34-23-10-11-26-25(19-23)24-9-6-14-31(28(24)29(33)35-26)27(32)20-30-15-12-22(13-16-30)18-21-7-4-3-5-8-21/h3-5,7-8,10-11,19,22H,2,6,9,12-18,20H2,1H3. The van der Waals surface area contributed by atoms with E-state index in [0.29, 0.717) is 36.9 Å². The monoisotopic (exact) mass is 474 g/mol. The average Bonchev–Trinajstić information content (AvgIpc) is 2.89. The van der Waals surface area contributed by atoms with Crippen LogP contribution in [0.5, 0.6) is 5.75 Å². The summed E-state index contributed by atoms with van der Waals surface area (Å²) in [7, 11) is 0. The maximum absolute atomic E-state index is 13.4.